The van der Waals surface area contributed by atoms with E-state index in [2.05, 4.69) is 11.4 Å². The Bertz CT molecular complexity index is 569. The molecule has 1 aromatic carbocycles. The third-order valence-corrected chi connectivity index (χ3v) is 4.07. The van der Waals surface area contributed by atoms with Gasteiger partial charge < -0.3 is 19.5 Å². The summed E-state index contributed by atoms with van der Waals surface area (Å²) in [5.74, 6) is -0.652. The molecule has 0 saturated carbocycles. The summed E-state index contributed by atoms with van der Waals surface area (Å²) in [4.78, 5) is 11.8. The van der Waals surface area contributed by atoms with Crippen molar-refractivity contribution in [2.24, 2.45) is 0 Å². The molecule has 3 rings (SSSR count). The van der Waals surface area contributed by atoms with E-state index in [1.165, 1.54) is 7.11 Å². The molecule has 0 radical (unpaired) electrons. The van der Waals surface area contributed by atoms with Gasteiger partial charge in [-0.15, -0.1) is 0 Å². The van der Waals surface area contributed by atoms with Gasteiger partial charge in [-0.25, -0.2) is 4.79 Å². The van der Waals surface area contributed by atoms with Gasteiger partial charge in [-0.2, -0.15) is 0 Å². The van der Waals surface area contributed by atoms with Crippen molar-refractivity contribution in [2.75, 3.05) is 7.11 Å². The summed E-state index contributed by atoms with van der Waals surface area (Å²) in [5, 5.41) is 2.91. The molecule has 0 spiro atoms. The number of hydrogen-bond acceptors (Lipinski definition) is 4. The van der Waals surface area contributed by atoms with Crippen molar-refractivity contribution in [1.29, 1.82) is 0 Å². The molecule has 5 heteroatoms. The van der Waals surface area contributed by atoms with Gasteiger partial charge in [-0.05, 0) is 19.4 Å². The first kappa shape index (κ1) is 15.1. The predicted octanol–water partition coefficient (Wildman–Crippen LogP) is 2.58. The summed E-state index contributed by atoms with van der Waals surface area (Å²) in [7, 11) is 1.36. The molecule has 1 saturated heterocycles. The minimum absolute atomic E-state index is 0.0130. The van der Waals surface area contributed by atoms with Crippen molar-refractivity contribution >= 4 is 6.09 Å². The molecule has 0 aromatic heterocycles. The van der Waals surface area contributed by atoms with E-state index >= 15 is 0 Å². The number of benzene rings is 1. The van der Waals surface area contributed by atoms with E-state index in [4.69, 9.17) is 14.2 Å². The van der Waals surface area contributed by atoms with Crippen molar-refractivity contribution in [3.05, 3.63) is 48.0 Å². The second kappa shape index (κ2) is 5.74. The number of methoxy groups -OCH3 is 1. The summed E-state index contributed by atoms with van der Waals surface area (Å²) < 4.78 is 16.7. The molecule has 5 nitrogen and oxygen atoms in total. The number of nitrogens with one attached hydrogen (secondary N) is 1. The van der Waals surface area contributed by atoms with E-state index in [-0.39, 0.29) is 24.2 Å². The van der Waals surface area contributed by atoms with Crippen LogP contribution in [0.4, 0.5) is 4.79 Å². The highest BCUT2D eigenvalue weighted by Gasteiger charge is 2.48. The molecule has 0 unspecified atom stereocenters. The molecule has 1 aromatic rings. The minimum Gasteiger partial charge on any atom is -0.453 e. The van der Waals surface area contributed by atoms with Gasteiger partial charge in [0.05, 0.1) is 13.2 Å². The predicted molar refractivity (Wildman–Crippen MR) is 81.5 cm³/mol. The quantitative estimate of drug-likeness (QED) is 0.853. The van der Waals surface area contributed by atoms with E-state index < -0.39 is 11.9 Å². The Kier molecular flexibility index (Phi) is 3.93. The minimum atomic E-state index is -0.665. The number of ether oxygens (including phenoxy) is 3. The lowest BCUT2D eigenvalue weighted by molar-refractivity contribution is -0.145. The van der Waals surface area contributed by atoms with Gasteiger partial charge in [-0.3, -0.25) is 0 Å². The Morgan fingerprint density at radius 2 is 1.91 bits per heavy atom. The largest absolute Gasteiger partial charge is 0.453 e. The van der Waals surface area contributed by atoms with E-state index in [1.807, 2.05) is 50.3 Å². The van der Waals surface area contributed by atoms with E-state index in [0.29, 0.717) is 0 Å². The topological polar surface area (TPSA) is 56.8 Å². The first-order chi connectivity index (χ1) is 10.5. The molecule has 1 amide bonds. The molecule has 118 valence electrons. The lowest BCUT2D eigenvalue weighted by Crippen LogP contribution is -2.52. The second-order valence-electron chi connectivity index (χ2n) is 6.05. The number of fused-ring (bicyclic) bond motifs is 1. The molecule has 22 heavy (non-hydrogen) atoms. The summed E-state index contributed by atoms with van der Waals surface area (Å²) in [6, 6.07) is 9.79. The number of alkyl carbamates (subject to hydrolysis) is 1. The molecule has 2 aliphatic rings. The van der Waals surface area contributed by atoms with Gasteiger partial charge in [0.1, 0.15) is 12.2 Å². The zero-order valence-electron chi connectivity index (χ0n) is 13.0. The van der Waals surface area contributed by atoms with E-state index in [9.17, 15) is 4.79 Å². The van der Waals surface area contributed by atoms with Crippen LogP contribution < -0.4 is 5.32 Å². The van der Waals surface area contributed by atoms with Gasteiger partial charge in [0.15, 0.2) is 5.79 Å². The Morgan fingerprint density at radius 1 is 1.18 bits per heavy atom. The number of carbonyl (C=O) groups is 1. The van der Waals surface area contributed by atoms with Crippen LogP contribution in [-0.2, 0) is 14.2 Å². The van der Waals surface area contributed by atoms with Crippen molar-refractivity contribution in [3.8, 4) is 0 Å². The van der Waals surface area contributed by atoms with Crippen LogP contribution in [0.3, 0.4) is 0 Å². The monoisotopic (exact) mass is 303 g/mol. The molecule has 1 aliphatic carbocycles. The van der Waals surface area contributed by atoms with Crippen LogP contribution in [-0.4, -0.2) is 37.2 Å². The standard InChI is InChI=1S/C17H21NO4/c1-17(2)21-13-10-9-12(11-7-5-4-6-8-11)14(15(13)22-17)18-16(19)20-3/h4-10,12-15H,1-3H3,(H,18,19)/t12-,13-,14-,15-/m1/s1. The third kappa shape index (κ3) is 2.87. The maximum atomic E-state index is 11.8. The summed E-state index contributed by atoms with van der Waals surface area (Å²) in [6.45, 7) is 3.76. The van der Waals surface area contributed by atoms with Gasteiger partial charge in [0, 0.05) is 5.92 Å². The maximum Gasteiger partial charge on any atom is 0.407 e. The first-order valence-corrected chi connectivity index (χ1v) is 7.43. The average Bonchev–Trinajstić information content (AvgIpc) is 2.83. The SMILES string of the molecule is COC(=O)N[C@H]1[C@@H]2OC(C)(C)O[C@@H]2C=C[C@@H]1c1ccccc1. The van der Waals surface area contributed by atoms with E-state index in [0.717, 1.165) is 5.56 Å². The van der Waals surface area contributed by atoms with Crippen LogP contribution in [0.2, 0.25) is 0 Å². The fourth-order valence-corrected chi connectivity index (χ4v) is 3.16. The fourth-order valence-electron chi connectivity index (χ4n) is 3.16. The van der Waals surface area contributed by atoms with Crippen molar-refractivity contribution in [3.63, 3.8) is 0 Å². The zero-order chi connectivity index (χ0) is 15.7. The number of rotatable bonds is 2. The highest BCUT2D eigenvalue weighted by molar-refractivity contribution is 5.68. The molecule has 4 atom stereocenters. The second-order valence-corrected chi connectivity index (χ2v) is 6.05. The maximum absolute atomic E-state index is 11.8. The zero-order valence-corrected chi connectivity index (χ0v) is 13.0. The molecule has 0 bridgehead atoms. The number of amides is 1. The molecule has 1 heterocycles. The van der Waals surface area contributed by atoms with Crippen LogP contribution >= 0.6 is 0 Å². The van der Waals surface area contributed by atoms with Gasteiger partial charge in [0.25, 0.3) is 0 Å². The Hall–Kier alpha value is -1.85. The summed E-state index contributed by atoms with van der Waals surface area (Å²) in [5.41, 5.74) is 1.12. The normalized spacial score (nSPS) is 32.3. The van der Waals surface area contributed by atoms with Crippen LogP contribution in [0.15, 0.2) is 42.5 Å². The number of carbonyl (C=O) groups excluding carboxylic acids is 1. The van der Waals surface area contributed by atoms with Crippen LogP contribution in [0, 0.1) is 0 Å². The third-order valence-electron chi connectivity index (χ3n) is 4.07. The lowest BCUT2D eigenvalue weighted by atomic mass is 9.82. The summed E-state index contributed by atoms with van der Waals surface area (Å²) in [6.07, 6.45) is 3.21. The smallest absolute Gasteiger partial charge is 0.407 e. The highest BCUT2D eigenvalue weighted by Crippen LogP contribution is 2.39. The van der Waals surface area contributed by atoms with E-state index in [1.54, 1.807) is 0 Å². The molecule has 1 N–H and O–H groups in total. The van der Waals surface area contributed by atoms with Gasteiger partial charge in [0.2, 0.25) is 0 Å². The molecule has 1 fully saturated rings. The molecule has 1 aliphatic heterocycles. The van der Waals surface area contributed by atoms with Gasteiger partial charge in [-0.1, -0.05) is 42.5 Å². The Morgan fingerprint density at radius 3 is 2.59 bits per heavy atom. The van der Waals surface area contributed by atoms with Crippen molar-refractivity contribution < 1.29 is 19.0 Å². The van der Waals surface area contributed by atoms with Crippen molar-refractivity contribution in [2.45, 2.75) is 43.8 Å². The molecular weight excluding hydrogens is 282 g/mol. The summed E-state index contributed by atoms with van der Waals surface area (Å²) >= 11 is 0. The fraction of sp³-hybridized carbons (Fsp3) is 0.471. The average molecular weight is 303 g/mol. The lowest BCUT2D eigenvalue weighted by Gasteiger charge is -2.34. The van der Waals surface area contributed by atoms with Crippen LogP contribution in [0.1, 0.15) is 25.3 Å². The number of hydrogen-bond donors (Lipinski definition) is 1. The van der Waals surface area contributed by atoms with Gasteiger partial charge >= 0.3 is 6.09 Å². The van der Waals surface area contributed by atoms with Crippen LogP contribution in [0.5, 0.6) is 0 Å². The first-order valence-electron chi connectivity index (χ1n) is 7.43. The Balaban J connectivity index is 1.92. The van der Waals surface area contributed by atoms with Crippen LogP contribution in [0.25, 0.3) is 0 Å². The highest BCUT2D eigenvalue weighted by atomic mass is 16.8. The molecular formula is C17H21NO4. The van der Waals surface area contributed by atoms with Crippen molar-refractivity contribution in [1.82, 2.24) is 5.32 Å². The Labute approximate surface area is 130 Å².